The van der Waals surface area contributed by atoms with E-state index in [2.05, 4.69) is 10.1 Å². The van der Waals surface area contributed by atoms with Gasteiger partial charge in [0.1, 0.15) is 21.8 Å². The number of hydrogen-bond acceptors (Lipinski definition) is 3. The first-order valence-electron chi connectivity index (χ1n) is 5.96. The normalized spacial score (nSPS) is 10.9. The van der Waals surface area contributed by atoms with Gasteiger partial charge in [0.25, 0.3) is 0 Å². The Morgan fingerprint density at radius 3 is 2.77 bits per heavy atom. The highest BCUT2D eigenvalue weighted by Gasteiger charge is 2.22. The zero-order valence-corrected chi connectivity index (χ0v) is 12.3. The molecule has 3 aromatic rings. The van der Waals surface area contributed by atoms with Gasteiger partial charge in [-0.25, -0.2) is 19.1 Å². The van der Waals surface area contributed by atoms with E-state index in [-0.39, 0.29) is 27.3 Å². The van der Waals surface area contributed by atoms with E-state index in [1.807, 2.05) is 0 Å². The van der Waals surface area contributed by atoms with Gasteiger partial charge in [-0.2, -0.15) is 9.61 Å². The number of amides is 1. The average Bonchev–Trinajstić information content (AvgIpc) is 2.80. The van der Waals surface area contributed by atoms with Crippen molar-refractivity contribution >= 4 is 46.4 Å². The fourth-order valence-electron chi connectivity index (χ4n) is 2.01. The maximum absolute atomic E-state index is 13.4. The molecule has 0 atom stereocenters. The van der Waals surface area contributed by atoms with Crippen LogP contribution in [0.25, 0.3) is 5.65 Å². The Morgan fingerprint density at radius 2 is 2.09 bits per heavy atom. The lowest BCUT2D eigenvalue weighted by molar-refractivity contribution is 0.204. The summed E-state index contributed by atoms with van der Waals surface area (Å²) in [5.41, 5.74) is 0.300. The molecular weight excluding hydrogens is 334 g/mol. The second kappa shape index (κ2) is 5.43. The van der Waals surface area contributed by atoms with Crippen molar-refractivity contribution in [2.45, 2.75) is 0 Å². The third-order valence-corrected chi connectivity index (χ3v) is 3.33. The topological polar surface area (TPSA) is 70.7 Å². The first-order valence-corrected chi connectivity index (χ1v) is 6.71. The van der Waals surface area contributed by atoms with Gasteiger partial charge in [-0.15, -0.1) is 0 Å². The summed E-state index contributed by atoms with van der Waals surface area (Å²) in [6.07, 6.45) is -0.0178. The summed E-state index contributed by atoms with van der Waals surface area (Å²) in [6.45, 7) is 0. The Balaban J connectivity index is 2.28. The van der Waals surface area contributed by atoms with Crippen molar-refractivity contribution in [3.63, 3.8) is 0 Å². The number of anilines is 2. The van der Waals surface area contributed by atoms with Crippen molar-refractivity contribution in [2.75, 3.05) is 4.90 Å². The van der Waals surface area contributed by atoms with Crippen molar-refractivity contribution < 1.29 is 14.3 Å². The molecule has 0 aliphatic carbocycles. The number of carboxylic acid groups (broad SMARTS) is 1. The third-order valence-electron chi connectivity index (χ3n) is 2.87. The zero-order valence-electron chi connectivity index (χ0n) is 10.7. The monoisotopic (exact) mass is 340 g/mol. The van der Waals surface area contributed by atoms with Crippen LogP contribution in [0.3, 0.4) is 0 Å². The molecule has 0 spiro atoms. The van der Waals surface area contributed by atoms with E-state index in [4.69, 9.17) is 23.2 Å². The summed E-state index contributed by atoms with van der Waals surface area (Å²) in [7, 11) is 0. The highest BCUT2D eigenvalue weighted by Crippen LogP contribution is 2.30. The number of hydrogen-bond donors (Lipinski definition) is 1. The van der Waals surface area contributed by atoms with Crippen molar-refractivity contribution in [3.05, 3.63) is 52.5 Å². The van der Waals surface area contributed by atoms with Crippen LogP contribution in [0.2, 0.25) is 10.2 Å². The molecule has 1 aromatic carbocycles. The molecular formula is C13H7Cl2FN4O2. The Labute approximate surface area is 133 Å². The lowest BCUT2D eigenvalue weighted by atomic mass is 10.3. The van der Waals surface area contributed by atoms with Gasteiger partial charge < -0.3 is 5.11 Å². The second-order valence-electron chi connectivity index (χ2n) is 4.26. The fourth-order valence-corrected chi connectivity index (χ4v) is 2.35. The molecule has 1 N–H and O–H groups in total. The van der Waals surface area contributed by atoms with Crippen molar-refractivity contribution in [1.29, 1.82) is 0 Å². The van der Waals surface area contributed by atoms with Crippen LogP contribution >= 0.6 is 23.2 Å². The van der Waals surface area contributed by atoms with Crippen molar-refractivity contribution in [3.8, 4) is 0 Å². The van der Waals surface area contributed by atoms with Crippen LogP contribution in [0.1, 0.15) is 0 Å². The summed E-state index contributed by atoms with van der Waals surface area (Å²) in [6, 6.07) is 6.44. The Bertz CT molecular complexity index is 884. The van der Waals surface area contributed by atoms with Gasteiger partial charge in [0, 0.05) is 6.07 Å². The highest BCUT2D eigenvalue weighted by molar-refractivity contribution is 6.34. The minimum absolute atomic E-state index is 0.0348. The molecule has 0 saturated carbocycles. The number of benzene rings is 1. The summed E-state index contributed by atoms with van der Waals surface area (Å²) in [4.78, 5) is 16.5. The number of nitrogens with zero attached hydrogens (tertiary/aromatic N) is 4. The molecule has 0 bridgehead atoms. The summed E-state index contributed by atoms with van der Waals surface area (Å²) >= 11 is 11.9. The summed E-state index contributed by atoms with van der Waals surface area (Å²) in [5, 5.41) is 13.7. The van der Waals surface area contributed by atoms with Gasteiger partial charge >= 0.3 is 6.09 Å². The van der Waals surface area contributed by atoms with Crippen LogP contribution in [0, 0.1) is 5.82 Å². The predicted molar refractivity (Wildman–Crippen MR) is 79.6 cm³/mol. The Morgan fingerprint density at radius 1 is 1.32 bits per heavy atom. The van der Waals surface area contributed by atoms with Gasteiger partial charge in [-0.3, -0.25) is 0 Å². The maximum atomic E-state index is 13.4. The number of rotatable bonds is 2. The molecule has 2 aromatic heterocycles. The molecule has 0 aliphatic rings. The minimum atomic E-state index is -1.33. The van der Waals surface area contributed by atoms with Crippen LogP contribution in [0.5, 0.6) is 0 Å². The van der Waals surface area contributed by atoms with Gasteiger partial charge in [-0.1, -0.05) is 29.3 Å². The Kier molecular flexibility index (Phi) is 3.59. The van der Waals surface area contributed by atoms with Crippen LogP contribution in [-0.2, 0) is 0 Å². The molecule has 112 valence electrons. The minimum Gasteiger partial charge on any atom is -0.464 e. The van der Waals surface area contributed by atoms with E-state index in [9.17, 15) is 14.3 Å². The van der Waals surface area contributed by atoms with E-state index in [0.29, 0.717) is 0 Å². The molecule has 1 amide bonds. The second-order valence-corrected chi connectivity index (χ2v) is 5.06. The zero-order chi connectivity index (χ0) is 15.9. The molecule has 6 nitrogen and oxygen atoms in total. The van der Waals surface area contributed by atoms with Crippen molar-refractivity contribution in [2.24, 2.45) is 0 Å². The largest absolute Gasteiger partial charge is 0.464 e. The molecule has 0 unspecified atom stereocenters. The number of fused-ring (bicyclic) bond motifs is 1. The van der Waals surface area contributed by atoms with Gasteiger partial charge in [0.2, 0.25) is 0 Å². The molecule has 0 saturated heterocycles. The SMILES string of the molecule is O=C(O)N(c1cccc(F)c1)c1cc(Cl)nc2c(Cl)cnn12. The van der Waals surface area contributed by atoms with Gasteiger partial charge in [0.05, 0.1) is 11.9 Å². The lowest BCUT2D eigenvalue weighted by Crippen LogP contribution is -2.26. The highest BCUT2D eigenvalue weighted by atomic mass is 35.5. The summed E-state index contributed by atoms with van der Waals surface area (Å²) in [5.74, 6) is -0.501. The van der Waals surface area contributed by atoms with E-state index >= 15 is 0 Å². The fraction of sp³-hybridized carbons (Fsp3) is 0. The molecule has 0 radical (unpaired) electrons. The molecule has 22 heavy (non-hydrogen) atoms. The van der Waals surface area contributed by atoms with E-state index in [1.54, 1.807) is 0 Å². The Hall–Kier alpha value is -2.38. The smallest absolute Gasteiger partial charge is 0.417 e. The first-order chi connectivity index (χ1) is 10.5. The predicted octanol–water partition coefficient (Wildman–Crippen LogP) is 3.99. The van der Waals surface area contributed by atoms with E-state index in [0.717, 1.165) is 11.0 Å². The van der Waals surface area contributed by atoms with Crippen molar-refractivity contribution in [1.82, 2.24) is 14.6 Å². The van der Waals surface area contributed by atoms with E-state index in [1.165, 1.54) is 35.0 Å². The molecule has 2 heterocycles. The van der Waals surface area contributed by atoms with Crippen LogP contribution in [-0.4, -0.2) is 25.8 Å². The quantitative estimate of drug-likeness (QED) is 0.716. The molecule has 0 aliphatic heterocycles. The van der Waals surface area contributed by atoms with Gasteiger partial charge in [-0.05, 0) is 18.2 Å². The molecule has 0 fully saturated rings. The van der Waals surface area contributed by atoms with Crippen LogP contribution in [0.4, 0.5) is 20.7 Å². The third kappa shape index (κ3) is 2.44. The first kappa shape index (κ1) is 14.6. The van der Waals surface area contributed by atoms with Crippen LogP contribution < -0.4 is 4.90 Å². The average molecular weight is 341 g/mol. The van der Waals surface area contributed by atoms with Crippen LogP contribution in [0.15, 0.2) is 36.5 Å². The maximum Gasteiger partial charge on any atom is 0.417 e. The number of carbonyl (C=O) groups is 1. The van der Waals surface area contributed by atoms with Gasteiger partial charge in [0.15, 0.2) is 5.65 Å². The summed E-state index contributed by atoms with van der Waals surface area (Å²) < 4.78 is 14.6. The number of halogens is 3. The molecule has 3 rings (SSSR count). The van der Waals surface area contributed by atoms with E-state index < -0.39 is 11.9 Å². The lowest BCUT2D eigenvalue weighted by Gasteiger charge is -2.20. The molecule has 9 heteroatoms. The standard InChI is InChI=1S/C13H7Cl2FN4O2/c14-9-6-17-20-11(5-10(15)18-12(9)20)19(13(21)22)8-3-1-2-7(16)4-8/h1-6H,(H,21,22). The number of aromatic nitrogens is 3.